The second-order valence-corrected chi connectivity index (χ2v) is 2.04. The minimum absolute atomic E-state index is 0.943. The lowest BCUT2D eigenvalue weighted by Gasteiger charge is -1.99. The van der Waals surface area contributed by atoms with Crippen molar-refractivity contribution in [3.05, 3.63) is 36.1 Å². The van der Waals surface area contributed by atoms with Gasteiger partial charge in [-0.2, -0.15) is 0 Å². The predicted molar refractivity (Wildman–Crippen MR) is 44.7 cm³/mol. The quantitative estimate of drug-likeness (QED) is 0.430. The van der Waals surface area contributed by atoms with Crippen LogP contribution in [0.25, 0.3) is 0 Å². The Morgan fingerprint density at radius 3 is 2.40 bits per heavy atom. The molecule has 0 radical (unpaired) electrons. The van der Waals surface area contributed by atoms with Gasteiger partial charge < -0.3 is 4.74 Å². The number of hydrogen-bond donors (Lipinski definition) is 0. The second-order valence-electron chi connectivity index (χ2n) is 2.04. The van der Waals surface area contributed by atoms with E-state index in [0.29, 0.717) is 0 Å². The minimum atomic E-state index is 0.943. The first kappa shape index (κ1) is 9.02. The van der Waals surface area contributed by atoms with Crippen molar-refractivity contribution in [2.45, 2.75) is 13.8 Å². The number of methoxy groups -OCH3 is 1. The molecule has 0 unspecified atom stereocenters. The minimum Gasteiger partial charge on any atom is -0.501 e. The van der Waals surface area contributed by atoms with Crippen molar-refractivity contribution in [1.82, 2.24) is 0 Å². The van der Waals surface area contributed by atoms with Gasteiger partial charge in [0.15, 0.2) is 0 Å². The molecule has 10 heavy (non-hydrogen) atoms. The summed E-state index contributed by atoms with van der Waals surface area (Å²) in [5, 5.41) is 0. The van der Waals surface area contributed by atoms with Crippen LogP contribution in [-0.2, 0) is 4.74 Å². The molecule has 0 aliphatic rings. The van der Waals surface area contributed by atoms with Crippen LogP contribution in [0.5, 0.6) is 0 Å². The fourth-order valence-corrected chi connectivity index (χ4v) is 0.491. The molecule has 0 aliphatic heterocycles. The lowest BCUT2D eigenvalue weighted by atomic mass is 10.2. The molecule has 0 rings (SSSR count). The number of allylic oxidation sites excluding steroid dienone is 5. The van der Waals surface area contributed by atoms with Crippen molar-refractivity contribution in [2.24, 2.45) is 0 Å². The standard InChI is InChI=1S/C9H14O/c1-5-6-7-8(2)9(3)10-4/h5-7H,1H2,2-4H3/b7-6-,9-8+. The summed E-state index contributed by atoms with van der Waals surface area (Å²) in [6.07, 6.45) is 5.59. The normalized spacial score (nSPS) is 13.1. The summed E-state index contributed by atoms with van der Waals surface area (Å²) >= 11 is 0. The first-order valence-electron chi connectivity index (χ1n) is 3.23. The first-order chi connectivity index (χ1) is 4.72. The van der Waals surface area contributed by atoms with Crippen LogP contribution in [0, 0.1) is 0 Å². The molecule has 1 nitrogen and oxygen atoms in total. The molecule has 0 aliphatic carbocycles. The zero-order chi connectivity index (χ0) is 7.98. The summed E-state index contributed by atoms with van der Waals surface area (Å²) in [7, 11) is 1.67. The van der Waals surface area contributed by atoms with E-state index in [1.54, 1.807) is 13.2 Å². The maximum Gasteiger partial charge on any atom is 0.0953 e. The zero-order valence-electron chi connectivity index (χ0n) is 6.85. The van der Waals surface area contributed by atoms with Crippen molar-refractivity contribution >= 4 is 0 Å². The van der Waals surface area contributed by atoms with Gasteiger partial charge in [-0.25, -0.2) is 0 Å². The number of rotatable bonds is 3. The van der Waals surface area contributed by atoms with E-state index in [9.17, 15) is 0 Å². The van der Waals surface area contributed by atoms with Gasteiger partial charge in [-0.15, -0.1) is 0 Å². The molecule has 0 atom stereocenters. The lowest BCUT2D eigenvalue weighted by molar-refractivity contribution is 0.290. The largest absolute Gasteiger partial charge is 0.501 e. The Kier molecular flexibility index (Phi) is 4.38. The molecule has 0 fully saturated rings. The zero-order valence-corrected chi connectivity index (χ0v) is 6.85. The molecule has 0 saturated heterocycles. The van der Waals surface area contributed by atoms with Crippen molar-refractivity contribution in [3.8, 4) is 0 Å². The highest BCUT2D eigenvalue weighted by Crippen LogP contribution is 2.04. The summed E-state index contributed by atoms with van der Waals surface area (Å²) in [5.41, 5.74) is 1.13. The fraction of sp³-hybridized carbons (Fsp3) is 0.333. The van der Waals surface area contributed by atoms with Crippen LogP contribution < -0.4 is 0 Å². The Morgan fingerprint density at radius 2 is 2.00 bits per heavy atom. The van der Waals surface area contributed by atoms with Gasteiger partial charge in [-0.05, 0) is 19.4 Å². The third-order valence-corrected chi connectivity index (χ3v) is 1.34. The highest BCUT2D eigenvalue weighted by molar-refractivity contribution is 5.21. The molecule has 0 aromatic carbocycles. The van der Waals surface area contributed by atoms with Crippen LogP contribution in [0.4, 0.5) is 0 Å². The van der Waals surface area contributed by atoms with Crippen LogP contribution in [0.3, 0.4) is 0 Å². The molecule has 0 aromatic rings. The van der Waals surface area contributed by atoms with Crippen molar-refractivity contribution in [1.29, 1.82) is 0 Å². The summed E-state index contributed by atoms with van der Waals surface area (Å²) in [4.78, 5) is 0. The maximum atomic E-state index is 5.00. The second kappa shape index (κ2) is 4.86. The van der Waals surface area contributed by atoms with E-state index >= 15 is 0 Å². The molecule has 0 N–H and O–H groups in total. The Bertz CT molecular complexity index is 164. The summed E-state index contributed by atoms with van der Waals surface area (Å²) in [5.74, 6) is 0.943. The van der Waals surface area contributed by atoms with Gasteiger partial charge in [0, 0.05) is 0 Å². The molecule has 0 saturated carbocycles. The van der Waals surface area contributed by atoms with Gasteiger partial charge in [-0.1, -0.05) is 24.8 Å². The number of ether oxygens (including phenoxy) is 1. The van der Waals surface area contributed by atoms with Gasteiger partial charge in [0.1, 0.15) is 0 Å². The molecule has 0 heterocycles. The topological polar surface area (TPSA) is 9.23 Å². The Balaban J connectivity index is 4.17. The number of hydrogen-bond acceptors (Lipinski definition) is 1. The van der Waals surface area contributed by atoms with Crippen LogP contribution in [0.15, 0.2) is 36.1 Å². The van der Waals surface area contributed by atoms with Crippen LogP contribution in [0.2, 0.25) is 0 Å². The van der Waals surface area contributed by atoms with E-state index in [2.05, 4.69) is 6.58 Å². The summed E-state index contributed by atoms with van der Waals surface area (Å²) in [6, 6.07) is 0. The third-order valence-electron chi connectivity index (χ3n) is 1.34. The molecule has 0 aromatic heterocycles. The van der Waals surface area contributed by atoms with Gasteiger partial charge in [0.2, 0.25) is 0 Å². The smallest absolute Gasteiger partial charge is 0.0953 e. The van der Waals surface area contributed by atoms with Gasteiger partial charge >= 0.3 is 0 Å². The van der Waals surface area contributed by atoms with Crippen LogP contribution in [0.1, 0.15) is 13.8 Å². The van der Waals surface area contributed by atoms with E-state index in [4.69, 9.17) is 4.74 Å². The van der Waals surface area contributed by atoms with E-state index in [1.807, 2.05) is 26.0 Å². The maximum absolute atomic E-state index is 5.00. The molecule has 0 amide bonds. The highest BCUT2D eigenvalue weighted by atomic mass is 16.5. The average molecular weight is 138 g/mol. The summed E-state index contributed by atoms with van der Waals surface area (Å²) in [6.45, 7) is 7.50. The molecular formula is C9H14O. The SMILES string of the molecule is C=C/C=C\C(C)=C(/C)OC. The van der Waals surface area contributed by atoms with Gasteiger partial charge in [0.25, 0.3) is 0 Å². The Morgan fingerprint density at radius 1 is 1.40 bits per heavy atom. The lowest BCUT2D eigenvalue weighted by Crippen LogP contribution is -1.82. The molecule has 1 heteroatoms. The van der Waals surface area contributed by atoms with Gasteiger partial charge in [0.05, 0.1) is 12.9 Å². The Hall–Kier alpha value is -0.980. The van der Waals surface area contributed by atoms with Crippen LogP contribution in [-0.4, -0.2) is 7.11 Å². The van der Waals surface area contributed by atoms with Crippen molar-refractivity contribution < 1.29 is 4.74 Å². The van der Waals surface area contributed by atoms with E-state index < -0.39 is 0 Å². The van der Waals surface area contributed by atoms with Crippen molar-refractivity contribution in [3.63, 3.8) is 0 Å². The highest BCUT2D eigenvalue weighted by Gasteiger charge is 1.88. The average Bonchev–Trinajstić information content (AvgIpc) is 1.98. The monoisotopic (exact) mass is 138 g/mol. The van der Waals surface area contributed by atoms with Crippen LogP contribution >= 0.6 is 0 Å². The molecule has 0 spiro atoms. The molecule has 0 bridgehead atoms. The third kappa shape index (κ3) is 3.13. The van der Waals surface area contributed by atoms with E-state index in [0.717, 1.165) is 11.3 Å². The van der Waals surface area contributed by atoms with E-state index in [-0.39, 0.29) is 0 Å². The fourth-order valence-electron chi connectivity index (χ4n) is 0.491. The summed E-state index contributed by atoms with van der Waals surface area (Å²) < 4.78 is 5.00. The van der Waals surface area contributed by atoms with Gasteiger partial charge in [-0.3, -0.25) is 0 Å². The molecular weight excluding hydrogens is 124 g/mol. The predicted octanol–water partition coefficient (Wildman–Crippen LogP) is 2.67. The molecule has 56 valence electrons. The first-order valence-corrected chi connectivity index (χ1v) is 3.23. The van der Waals surface area contributed by atoms with Crippen molar-refractivity contribution in [2.75, 3.05) is 7.11 Å². The Labute approximate surface area is 62.7 Å². The van der Waals surface area contributed by atoms with E-state index in [1.165, 1.54) is 0 Å².